The van der Waals surface area contributed by atoms with Crippen molar-refractivity contribution in [1.82, 2.24) is 5.32 Å². The number of rotatable bonds is 1. The summed E-state index contributed by atoms with van der Waals surface area (Å²) in [6.07, 6.45) is 2.71. The number of amides is 1. The van der Waals surface area contributed by atoms with Gasteiger partial charge in [0, 0.05) is 14.9 Å². The molecule has 1 aromatic heterocycles. The molecule has 2 aliphatic rings. The van der Waals surface area contributed by atoms with Gasteiger partial charge < -0.3 is 15.7 Å². The molecule has 0 saturated carbocycles. The van der Waals surface area contributed by atoms with Crippen molar-refractivity contribution in [1.29, 1.82) is 0 Å². The highest BCUT2D eigenvalue weighted by Crippen LogP contribution is 2.46. The molecule has 1 aromatic carbocycles. The van der Waals surface area contributed by atoms with Gasteiger partial charge in [0.25, 0.3) is 5.91 Å². The molecule has 0 saturated heterocycles. The Kier molecular flexibility index (Phi) is 4.31. The second-order valence-corrected chi connectivity index (χ2v) is 10.3. The van der Waals surface area contributed by atoms with E-state index in [1.165, 1.54) is 10.4 Å². The molecule has 0 spiro atoms. The number of carbonyl (C=O) groups is 1. The van der Waals surface area contributed by atoms with Gasteiger partial charge in [0.05, 0.1) is 5.56 Å². The quantitative estimate of drug-likeness (QED) is 0.576. The largest absolute Gasteiger partial charge is 0.508 e. The Bertz CT molecular complexity index is 885. The molecule has 0 radical (unpaired) electrons. The molecule has 2 atom stereocenters. The van der Waals surface area contributed by atoms with Gasteiger partial charge >= 0.3 is 0 Å². The maximum absolute atomic E-state index is 12.8. The minimum atomic E-state index is -0.425. The summed E-state index contributed by atoms with van der Waals surface area (Å²) in [4.78, 5) is 14.2. The van der Waals surface area contributed by atoms with E-state index >= 15 is 0 Å². The van der Waals surface area contributed by atoms with E-state index in [2.05, 4.69) is 47.3 Å². The van der Waals surface area contributed by atoms with Crippen molar-refractivity contribution in [2.45, 2.75) is 46.2 Å². The number of aromatic hydroxyl groups is 1. The fraction of sp³-hybridized carbons (Fsp3) is 0.450. The minimum absolute atomic E-state index is 0.0464. The fourth-order valence-corrected chi connectivity index (χ4v) is 5.68. The molecule has 4 nitrogen and oxygen atoms in total. The van der Waals surface area contributed by atoms with Crippen LogP contribution >= 0.6 is 27.3 Å². The Morgan fingerprint density at radius 2 is 2.04 bits per heavy atom. The molecule has 3 N–H and O–H groups in total. The molecule has 0 unspecified atom stereocenters. The molecule has 0 fully saturated rings. The van der Waals surface area contributed by atoms with Crippen LogP contribution in [0, 0.1) is 11.3 Å². The van der Waals surface area contributed by atoms with Crippen LogP contribution in [-0.2, 0) is 12.8 Å². The highest BCUT2D eigenvalue weighted by atomic mass is 79.9. The third kappa shape index (κ3) is 3.03. The molecule has 4 rings (SSSR count). The number of anilines is 1. The van der Waals surface area contributed by atoms with Crippen molar-refractivity contribution < 1.29 is 9.90 Å². The molecule has 1 aliphatic carbocycles. The van der Waals surface area contributed by atoms with Gasteiger partial charge in [-0.15, -0.1) is 11.3 Å². The summed E-state index contributed by atoms with van der Waals surface area (Å²) in [6, 6.07) is 5.25. The van der Waals surface area contributed by atoms with E-state index in [4.69, 9.17) is 0 Å². The predicted octanol–water partition coefficient (Wildman–Crippen LogP) is 5.22. The SMILES string of the molecule is CC(C)(C)[C@H]1CCc2c(sc3c2C(=O)N[C@@H](c2cc(Br)ccc2O)N3)C1. The number of phenolic OH excluding ortho intramolecular Hbond substituents is 1. The van der Waals surface area contributed by atoms with Crippen LogP contribution in [0.2, 0.25) is 0 Å². The van der Waals surface area contributed by atoms with Crippen LogP contribution in [-0.4, -0.2) is 11.0 Å². The summed E-state index contributed by atoms with van der Waals surface area (Å²) < 4.78 is 0.866. The molecule has 138 valence electrons. The lowest BCUT2D eigenvalue weighted by Crippen LogP contribution is -2.38. The van der Waals surface area contributed by atoms with Crippen molar-refractivity contribution in [3.05, 3.63) is 44.2 Å². The first-order valence-corrected chi connectivity index (χ1v) is 10.6. The summed E-state index contributed by atoms with van der Waals surface area (Å²) in [5.74, 6) is 0.765. The summed E-state index contributed by atoms with van der Waals surface area (Å²) >= 11 is 5.14. The van der Waals surface area contributed by atoms with E-state index < -0.39 is 6.17 Å². The van der Waals surface area contributed by atoms with Crippen LogP contribution in [0.15, 0.2) is 22.7 Å². The number of benzene rings is 1. The predicted molar refractivity (Wildman–Crippen MR) is 109 cm³/mol. The van der Waals surface area contributed by atoms with Gasteiger partial charge in [0.2, 0.25) is 0 Å². The zero-order valence-electron chi connectivity index (χ0n) is 15.1. The maximum atomic E-state index is 12.8. The highest BCUT2D eigenvalue weighted by molar-refractivity contribution is 9.10. The third-order valence-electron chi connectivity index (χ3n) is 5.57. The monoisotopic (exact) mass is 434 g/mol. The summed E-state index contributed by atoms with van der Waals surface area (Å²) in [6.45, 7) is 6.90. The maximum Gasteiger partial charge on any atom is 0.256 e. The summed E-state index contributed by atoms with van der Waals surface area (Å²) in [7, 11) is 0. The molecule has 1 amide bonds. The zero-order chi connectivity index (χ0) is 18.6. The second-order valence-electron chi connectivity index (χ2n) is 8.27. The lowest BCUT2D eigenvalue weighted by atomic mass is 9.72. The molecule has 0 bridgehead atoms. The summed E-state index contributed by atoms with van der Waals surface area (Å²) in [5, 5.41) is 17.6. The Balaban J connectivity index is 1.68. The third-order valence-corrected chi connectivity index (χ3v) is 7.25. The molecular weight excluding hydrogens is 412 g/mol. The Morgan fingerprint density at radius 3 is 2.77 bits per heavy atom. The number of hydrogen-bond donors (Lipinski definition) is 3. The van der Waals surface area contributed by atoms with E-state index in [0.717, 1.165) is 34.3 Å². The average Bonchev–Trinajstić information content (AvgIpc) is 2.94. The van der Waals surface area contributed by atoms with Crippen LogP contribution in [0.25, 0.3) is 0 Å². The van der Waals surface area contributed by atoms with E-state index in [0.29, 0.717) is 11.5 Å². The molecule has 26 heavy (non-hydrogen) atoms. The van der Waals surface area contributed by atoms with Crippen LogP contribution in [0.1, 0.15) is 59.7 Å². The number of phenols is 1. The van der Waals surface area contributed by atoms with Gasteiger partial charge in [-0.3, -0.25) is 4.79 Å². The lowest BCUT2D eigenvalue weighted by Gasteiger charge is -2.34. The Labute approximate surface area is 166 Å². The van der Waals surface area contributed by atoms with Gasteiger partial charge in [0.15, 0.2) is 0 Å². The first kappa shape index (κ1) is 17.9. The smallest absolute Gasteiger partial charge is 0.256 e. The zero-order valence-corrected chi connectivity index (χ0v) is 17.6. The van der Waals surface area contributed by atoms with Crippen LogP contribution in [0.5, 0.6) is 5.75 Å². The van der Waals surface area contributed by atoms with Gasteiger partial charge in [-0.05, 0) is 54.4 Å². The lowest BCUT2D eigenvalue weighted by molar-refractivity contribution is 0.0934. The van der Waals surface area contributed by atoms with E-state index in [9.17, 15) is 9.90 Å². The van der Waals surface area contributed by atoms with Crippen LogP contribution < -0.4 is 10.6 Å². The number of halogens is 1. The second kappa shape index (κ2) is 6.27. The van der Waals surface area contributed by atoms with Gasteiger partial charge in [-0.1, -0.05) is 36.7 Å². The van der Waals surface area contributed by atoms with Gasteiger partial charge in [-0.2, -0.15) is 0 Å². The minimum Gasteiger partial charge on any atom is -0.508 e. The van der Waals surface area contributed by atoms with Gasteiger partial charge in [0.1, 0.15) is 16.9 Å². The highest BCUT2D eigenvalue weighted by Gasteiger charge is 2.36. The summed E-state index contributed by atoms with van der Waals surface area (Å²) in [5.41, 5.74) is 2.97. The first-order chi connectivity index (χ1) is 12.2. The number of carbonyl (C=O) groups excluding carboxylic acids is 1. The van der Waals surface area contributed by atoms with E-state index in [1.807, 2.05) is 6.07 Å². The first-order valence-electron chi connectivity index (χ1n) is 8.94. The van der Waals surface area contributed by atoms with Crippen LogP contribution in [0.3, 0.4) is 0 Å². The van der Waals surface area contributed by atoms with Crippen molar-refractivity contribution in [2.75, 3.05) is 5.32 Å². The van der Waals surface area contributed by atoms with E-state index in [1.54, 1.807) is 23.5 Å². The fourth-order valence-electron chi connectivity index (χ4n) is 3.95. The number of fused-ring (bicyclic) bond motifs is 3. The molecule has 2 aromatic rings. The van der Waals surface area contributed by atoms with Crippen molar-refractivity contribution in [3.63, 3.8) is 0 Å². The van der Waals surface area contributed by atoms with Crippen molar-refractivity contribution in [3.8, 4) is 5.75 Å². The Hall–Kier alpha value is -1.53. The molecule has 1 aliphatic heterocycles. The van der Waals surface area contributed by atoms with E-state index in [-0.39, 0.29) is 17.1 Å². The van der Waals surface area contributed by atoms with Gasteiger partial charge in [-0.25, -0.2) is 0 Å². The van der Waals surface area contributed by atoms with Crippen molar-refractivity contribution >= 4 is 38.2 Å². The van der Waals surface area contributed by atoms with Crippen LogP contribution in [0.4, 0.5) is 5.00 Å². The number of nitrogens with one attached hydrogen (secondary N) is 2. The standard InChI is InChI=1S/C20H23BrN2O2S/c1-20(2,3)10-4-6-12-15(8-10)26-19-16(12)18(25)22-17(23-19)13-9-11(21)5-7-14(13)24/h5,7,9-10,17,23-24H,4,6,8H2,1-3H3,(H,22,25)/t10-,17+/m0/s1. The Morgan fingerprint density at radius 1 is 1.27 bits per heavy atom. The molecule has 6 heteroatoms. The molecule has 2 heterocycles. The normalized spacial score (nSPS) is 22.2. The number of thiophene rings is 1. The average molecular weight is 435 g/mol. The molecular formula is C20H23BrN2O2S. The van der Waals surface area contributed by atoms with Crippen molar-refractivity contribution in [2.24, 2.45) is 11.3 Å². The number of hydrogen-bond acceptors (Lipinski definition) is 4. The topological polar surface area (TPSA) is 61.4 Å².